The van der Waals surface area contributed by atoms with Gasteiger partial charge in [-0.05, 0) is 50.5 Å². The van der Waals surface area contributed by atoms with Crippen molar-refractivity contribution in [3.05, 3.63) is 50.7 Å². The van der Waals surface area contributed by atoms with Crippen LogP contribution in [0.1, 0.15) is 38.2 Å². The maximum Gasteiger partial charge on any atom is 0.348 e. The summed E-state index contributed by atoms with van der Waals surface area (Å²) in [6.45, 7) is 7.65. The van der Waals surface area contributed by atoms with Gasteiger partial charge in [0.1, 0.15) is 4.88 Å². The van der Waals surface area contributed by atoms with Crippen LogP contribution in [-0.2, 0) is 16.0 Å². The summed E-state index contributed by atoms with van der Waals surface area (Å²) in [4.78, 5) is 25.6. The zero-order valence-corrected chi connectivity index (χ0v) is 14.7. The van der Waals surface area contributed by atoms with Gasteiger partial charge in [0.15, 0.2) is 6.61 Å². The molecule has 1 N–H and O–H groups in total. The van der Waals surface area contributed by atoms with Crippen molar-refractivity contribution < 1.29 is 14.3 Å². The molecule has 2 rings (SSSR count). The largest absolute Gasteiger partial charge is 0.451 e. The van der Waals surface area contributed by atoms with Crippen LogP contribution >= 0.6 is 11.3 Å². The summed E-state index contributed by atoms with van der Waals surface area (Å²) in [7, 11) is 0. The third-order valence-corrected chi connectivity index (χ3v) is 4.89. The van der Waals surface area contributed by atoms with E-state index in [1.807, 2.05) is 52.0 Å². The number of anilines is 1. The van der Waals surface area contributed by atoms with Gasteiger partial charge in [-0.15, -0.1) is 11.3 Å². The summed E-state index contributed by atoms with van der Waals surface area (Å²) in [6.07, 6.45) is 0.886. The summed E-state index contributed by atoms with van der Waals surface area (Å²) < 4.78 is 5.10. The van der Waals surface area contributed by atoms with E-state index in [1.165, 1.54) is 11.3 Å². The predicted octanol–water partition coefficient (Wildman–Crippen LogP) is 4.03. The van der Waals surface area contributed by atoms with E-state index in [-0.39, 0.29) is 12.5 Å². The molecule has 1 aromatic heterocycles. The highest BCUT2D eigenvalue weighted by molar-refractivity contribution is 7.14. The number of thiophene rings is 1. The Labute approximate surface area is 140 Å². The molecule has 0 fully saturated rings. The summed E-state index contributed by atoms with van der Waals surface area (Å²) in [5.74, 6) is -0.789. The van der Waals surface area contributed by atoms with E-state index in [2.05, 4.69) is 5.32 Å². The number of amides is 1. The molecule has 0 unspecified atom stereocenters. The van der Waals surface area contributed by atoms with Gasteiger partial charge in [-0.25, -0.2) is 4.79 Å². The summed E-state index contributed by atoms with van der Waals surface area (Å²) >= 11 is 1.42. The average molecular weight is 331 g/mol. The second-order valence-corrected chi connectivity index (χ2v) is 6.65. The lowest BCUT2D eigenvalue weighted by Gasteiger charge is -2.09. The Morgan fingerprint density at radius 2 is 1.87 bits per heavy atom. The molecule has 2 aromatic rings. The Morgan fingerprint density at radius 1 is 1.13 bits per heavy atom. The molecule has 0 atom stereocenters. The minimum absolute atomic E-state index is 0.287. The first kappa shape index (κ1) is 17.2. The number of esters is 1. The SMILES string of the molecule is CCc1sc(C(=O)OCC(=O)Nc2ccc(C)cc2C)cc1C. The molecule has 4 nitrogen and oxygen atoms in total. The van der Waals surface area contributed by atoms with Gasteiger partial charge in [0, 0.05) is 10.6 Å². The van der Waals surface area contributed by atoms with Gasteiger partial charge < -0.3 is 10.1 Å². The Hall–Kier alpha value is -2.14. The van der Waals surface area contributed by atoms with Crippen molar-refractivity contribution >= 4 is 28.9 Å². The fourth-order valence-corrected chi connectivity index (χ4v) is 3.32. The molecule has 0 bridgehead atoms. The quantitative estimate of drug-likeness (QED) is 0.842. The minimum Gasteiger partial charge on any atom is -0.451 e. The zero-order valence-electron chi connectivity index (χ0n) is 13.9. The molecular weight excluding hydrogens is 310 g/mol. The number of benzene rings is 1. The van der Waals surface area contributed by atoms with Crippen LogP contribution in [0.15, 0.2) is 24.3 Å². The topological polar surface area (TPSA) is 55.4 Å². The van der Waals surface area contributed by atoms with Crippen molar-refractivity contribution in [2.45, 2.75) is 34.1 Å². The van der Waals surface area contributed by atoms with Crippen LogP contribution in [0.3, 0.4) is 0 Å². The Kier molecular flexibility index (Phi) is 5.55. The number of ether oxygens (including phenoxy) is 1. The maximum atomic E-state index is 12.0. The van der Waals surface area contributed by atoms with Crippen LogP contribution in [0.4, 0.5) is 5.69 Å². The monoisotopic (exact) mass is 331 g/mol. The first-order valence-electron chi connectivity index (χ1n) is 7.54. The minimum atomic E-state index is -0.450. The van der Waals surface area contributed by atoms with Gasteiger partial charge in [-0.1, -0.05) is 24.6 Å². The highest BCUT2D eigenvalue weighted by Gasteiger charge is 2.15. The third-order valence-electron chi connectivity index (χ3n) is 3.53. The van der Waals surface area contributed by atoms with E-state index in [0.717, 1.165) is 33.7 Å². The Balaban J connectivity index is 1.91. The molecule has 1 aromatic carbocycles. The standard InChI is InChI=1S/C18H21NO3S/c1-5-15-13(4)9-16(23-15)18(21)22-10-17(20)19-14-7-6-11(2)8-12(14)3/h6-9H,5,10H2,1-4H3,(H,19,20). The fourth-order valence-electron chi connectivity index (χ4n) is 2.31. The van der Waals surface area contributed by atoms with Gasteiger partial charge in [-0.3, -0.25) is 4.79 Å². The summed E-state index contributed by atoms with van der Waals surface area (Å²) in [5.41, 5.74) is 3.93. The molecule has 0 saturated heterocycles. The molecule has 0 aliphatic carbocycles. The van der Waals surface area contributed by atoms with E-state index in [1.54, 1.807) is 0 Å². The van der Waals surface area contributed by atoms with Gasteiger partial charge in [0.25, 0.3) is 5.91 Å². The molecular formula is C18H21NO3S. The maximum absolute atomic E-state index is 12.0. The first-order valence-corrected chi connectivity index (χ1v) is 8.36. The van der Waals surface area contributed by atoms with Gasteiger partial charge >= 0.3 is 5.97 Å². The molecule has 0 saturated carbocycles. The molecule has 1 heterocycles. The number of aryl methyl sites for hydroxylation is 4. The third kappa shape index (κ3) is 4.42. The smallest absolute Gasteiger partial charge is 0.348 e. The lowest BCUT2D eigenvalue weighted by molar-refractivity contribution is -0.119. The van der Waals surface area contributed by atoms with E-state index in [4.69, 9.17) is 4.74 Å². The van der Waals surface area contributed by atoms with Crippen LogP contribution in [-0.4, -0.2) is 18.5 Å². The summed E-state index contributed by atoms with van der Waals surface area (Å²) in [5, 5.41) is 2.76. The first-order chi connectivity index (χ1) is 10.9. The van der Waals surface area contributed by atoms with Gasteiger partial charge in [0.05, 0.1) is 0 Å². The number of carbonyl (C=O) groups excluding carboxylic acids is 2. The second-order valence-electron chi connectivity index (χ2n) is 5.51. The predicted molar refractivity (Wildman–Crippen MR) is 93.3 cm³/mol. The van der Waals surface area contributed by atoms with Crippen LogP contribution in [0, 0.1) is 20.8 Å². The number of rotatable bonds is 5. The molecule has 0 aliphatic rings. The zero-order chi connectivity index (χ0) is 17.0. The molecule has 0 radical (unpaired) electrons. The van der Waals surface area contributed by atoms with Crippen LogP contribution < -0.4 is 5.32 Å². The van der Waals surface area contributed by atoms with Crippen LogP contribution in [0.2, 0.25) is 0 Å². The molecule has 5 heteroatoms. The highest BCUT2D eigenvalue weighted by atomic mass is 32.1. The van der Waals surface area contributed by atoms with Gasteiger partial charge in [0.2, 0.25) is 0 Å². The second kappa shape index (κ2) is 7.42. The van der Waals surface area contributed by atoms with Crippen molar-refractivity contribution in [3.63, 3.8) is 0 Å². The lowest BCUT2D eigenvalue weighted by Crippen LogP contribution is -2.21. The van der Waals surface area contributed by atoms with E-state index >= 15 is 0 Å². The number of hydrogen-bond acceptors (Lipinski definition) is 4. The van der Waals surface area contributed by atoms with Crippen LogP contribution in [0.25, 0.3) is 0 Å². The van der Waals surface area contributed by atoms with E-state index in [0.29, 0.717) is 4.88 Å². The molecule has 0 spiro atoms. The summed E-state index contributed by atoms with van der Waals surface area (Å²) in [6, 6.07) is 7.58. The van der Waals surface area contributed by atoms with Crippen molar-refractivity contribution in [1.29, 1.82) is 0 Å². The normalized spacial score (nSPS) is 10.4. The van der Waals surface area contributed by atoms with Crippen LogP contribution in [0.5, 0.6) is 0 Å². The van der Waals surface area contributed by atoms with Crippen molar-refractivity contribution in [2.75, 3.05) is 11.9 Å². The number of carbonyl (C=O) groups is 2. The van der Waals surface area contributed by atoms with Crippen molar-refractivity contribution in [3.8, 4) is 0 Å². The molecule has 1 amide bonds. The van der Waals surface area contributed by atoms with E-state index < -0.39 is 5.97 Å². The Bertz CT molecular complexity index is 734. The lowest BCUT2D eigenvalue weighted by atomic mass is 10.1. The number of nitrogens with one attached hydrogen (secondary N) is 1. The van der Waals surface area contributed by atoms with Crippen molar-refractivity contribution in [1.82, 2.24) is 0 Å². The molecule has 122 valence electrons. The van der Waals surface area contributed by atoms with Gasteiger partial charge in [-0.2, -0.15) is 0 Å². The highest BCUT2D eigenvalue weighted by Crippen LogP contribution is 2.23. The van der Waals surface area contributed by atoms with Crippen molar-refractivity contribution in [2.24, 2.45) is 0 Å². The Morgan fingerprint density at radius 3 is 2.48 bits per heavy atom. The number of hydrogen-bond donors (Lipinski definition) is 1. The fraction of sp³-hybridized carbons (Fsp3) is 0.333. The average Bonchev–Trinajstić information content (AvgIpc) is 2.89. The van der Waals surface area contributed by atoms with E-state index in [9.17, 15) is 9.59 Å². The molecule has 0 aliphatic heterocycles. The molecule has 23 heavy (non-hydrogen) atoms.